The molecule has 3 aromatic rings. The van der Waals surface area contributed by atoms with Crippen LogP contribution in [0.4, 0.5) is 4.79 Å². The molecular weight excluding hydrogens is 532 g/mol. The van der Waals surface area contributed by atoms with E-state index in [4.69, 9.17) is 9.47 Å². The molecule has 4 atom stereocenters. The number of ether oxygens (including phenoxy) is 2. The molecule has 8 nitrogen and oxygen atoms in total. The molecule has 1 saturated carbocycles. The van der Waals surface area contributed by atoms with Crippen molar-refractivity contribution in [2.75, 3.05) is 6.61 Å². The summed E-state index contributed by atoms with van der Waals surface area (Å²) >= 11 is 0. The number of fused-ring (bicyclic) bond motifs is 3. The largest absolute Gasteiger partial charge is 0.480 e. The summed E-state index contributed by atoms with van der Waals surface area (Å²) in [6.07, 6.45) is 2.27. The van der Waals surface area contributed by atoms with E-state index in [9.17, 15) is 19.5 Å². The lowest BCUT2D eigenvalue weighted by molar-refractivity contribution is -0.146. The molecule has 2 aliphatic rings. The maximum absolute atomic E-state index is 13.0. The van der Waals surface area contributed by atoms with Gasteiger partial charge in [0.05, 0.1) is 12.7 Å². The first-order valence-electron chi connectivity index (χ1n) is 14.7. The summed E-state index contributed by atoms with van der Waals surface area (Å²) in [5.41, 5.74) is 5.55. The van der Waals surface area contributed by atoms with E-state index in [1.165, 1.54) is 11.1 Å². The van der Waals surface area contributed by atoms with Gasteiger partial charge in [-0.15, -0.1) is 0 Å². The first-order chi connectivity index (χ1) is 20.4. The number of carboxylic acids is 1. The molecule has 0 spiro atoms. The molecule has 2 aliphatic carbocycles. The zero-order valence-corrected chi connectivity index (χ0v) is 23.8. The number of carbonyl (C=O) groups excluding carboxylic acids is 2. The first kappa shape index (κ1) is 29.3. The minimum atomic E-state index is -1.18. The monoisotopic (exact) mass is 570 g/mol. The maximum atomic E-state index is 13.0. The molecule has 5 rings (SSSR count). The number of nitrogens with one attached hydrogen (secondary N) is 2. The first-order valence-corrected chi connectivity index (χ1v) is 14.7. The van der Waals surface area contributed by atoms with Gasteiger partial charge in [0, 0.05) is 18.4 Å². The summed E-state index contributed by atoms with van der Waals surface area (Å²) in [5, 5.41) is 15.4. The van der Waals surface area contributed by atoms with Gasteiger partial charge in [0.15, 0.2) is 6.04 Å². The van der Waals surface area contributed by atoms with Gasteiger partial charge in [-0.3, -0.25) is 4.79 Å². The van der Waals surface area contributed by atoms with E-state index in [0.29, 0.717) is 0 Å². The Morgan fingerprint density at radius 1 is 0.881 bits per heavy atom. The molecular formula is C34H38N2O6. The van der Waals surface area contributed by atoms with Gasteiger partial charge in [0.2, 0.25) is 5.91 Å². The lowest BCUT2D eigenvalue weighted by Crippen LogP contribution is -2.50. The number of carbonyl (C=O) groups is 3. The SMILES string of the molecule is C[C@@H](OCc1ccccc1)[C@H](NC(=O)C[C@@H]1CCCC[C@@H]1NC(=O)OCC1c2ccccc2-c2ccccc21)C(=O)O. The predicted octanol–water partition coefficient (Wildman–Crippen LogP) is 5.65. The number of rotatable bonds is 11. The second kappa shape index (κ2) is 13.7. The van der Waals surface area contributed by atoms with Gasteiger partial charge < -0.3 is 25.2 Å². The Kier molecular flexibility index (Phi) is 9.54. The fourth-order valence-corrected chi connectivity index (χ4v) is 6.18. The summed E-state index contributed by atoms with van der Waals surface area (Å²) in [7, 11) is 0. The van der Waals surface area contributed by atoms with E-state index in [1.54, 1.807) is 6.92 Å². The van der Waals surface area contributed by atoms with Crippen LogP contribution in [0.15, 0.2) is 78.9 Å². The highest BCUT2D eigenvalue weighted by Crippen LogP contribution is 2.44. The third kappa shape index (κ3) is 6.99. The van der Waals surface area contributed by atoms with Crippen LogP contribution in [0.3, 0.4) is 0 Å². The Labute approximate surface area is 246 Å². The molecule has 220 valence electrons. The van der Waals surface area contributed by atoms with Crippen molar-refractivity contribution >= 4 is 18.0 Å². The van der Waals surface area contributed by atoms with Gasteiger partial charge >= 0.3 is 12.1 Å². The van der Waals surface area contributed by atoms with Crippen LogP contribution >= 0.6 is 0 Å². The third-order valence-corrected chi connectivity index (χ3v) is 8.41. The molecule has 42 heavy (non-hydrogen) atoms. The van der Waals surface area contributed by atoms with Crippen LogP contribution in [0.5, 0.6) is 0 Å². The smallest absolute Gasteiger partial charge is 0.407 e. The number of alkyl carbamates (subject to hydrolysis) is 1. The van der Waals surface area contributed by atoms with Crippen LogP contribution in [0.1, 0.15) is 61.6 Å². The molecule has 1 fully saturated rings. The van der Waals surface area contributed by atoms with E-state index < -0.39 is 24.2 Å². The summed E-state index contributed by atoms with van der Waals surface area (Å²) in [6, 6.07) is 24.4. The maximum Gasteiger partial charge on any atom is 0.407 e. The lowest BCUT2D eigenvalue weighted by atomic mass is 9.82. The Morgan fingerprint density at radius 2 is 1.50 bits per heavy atom. The van der Waals surface area contributed by atoms with Crippen molar-refractivity contribution in [1.82, 2.24) is 10.6 Å². The fourth-order valence-electron chi connectivity index (χ4n) is 6.18. The highest BCUT2D eigenvalue weighted by atomic mass is 16.5. The molecule has 8 heteroatoms. The molecule has 2 amide bonds. The molecule has 0 aromatic heterocycles. The van der Waals surface area contributed by atoms with E-state index in [0.717, 1.165) is 42.4 Å². The quantitative estimate of drug-likeness (QED) is 0.275. The Balaban J connectivity index is 1.14. The molecule has 0 saturated heterocycles. The van der Waals surface area contributed by atoms with Crippen LogP contribution in [0, 0.1) is 5.92 Å². The molecule has 0 radical (unpaired) electrons. The fraction of sp³-hybridized carbons (Fsp3) is 0.382. The average Bonchev–Trinajstić information content (AvgIpc) is 3.32. The van der Waals surface area contributed by atoms with E-state index in [-0.39, 0.29) is 43.4 Å². The highest BCUT2D eigenvalue weighted by Gasteiger charge is 2.33. The zero-order valence-electron chi connectivity index (χ0n) is 23.8. The van der Waals surface area contributed by atoms with Crippen molar-refractivity contribution in [3.8, 4) is 11.1 Å². The molecule has 3 N–H and O–H groups in total. The molecule has 0 unspecified atom stereocenters. The number of hydrogen-bond donors (Lipinski definition) is 3. The van der Waals surface area contributed by atoms with Crippen LogP contribution < -0.4 is 10.6 Å². The molecule has 3 aromatic carbocycles. The number of amides is 2. The van der Waals surface area contributed by atoms with Crippen molar-refractivity contribution in [3.63, 3.8) is 0 Å². The van der Waals surface area contributed by atoms with Gasteiger partial charge in [-0.2, -0.15) is 0 Å². The third-order valence-electron chi connectivity index (χ3n) is 8.41. The van der Waals surface area contributed by atoms with E-state index in [2.05, 4.69) is 34.9 Å². The van der Waals surface area contributed by atoms with E-state index >= 15 is 0 Å². The second-order valence-corrected chi connectivity index (χ2v) is 11.2. The Bertz CT molecular complexity index is 1350. The van der Waals surface area contributed by atoms with Crippen LogP contribution in [-0.4, -0.2) is 47.9 Å². The van der Waals surface area contributed by atoms with Gasteiger partial charge in [-0.25, -0.2) is 9.59 Å². The summed E-state index contributed by atoms with van der Waals surface area (Å²) in [6.45, 7) is 2.11. The van der Waals surface area contributed by atoms with Crippen molar-refractivity contribution < 1.29 is 29.0 Å². The zero-order chi connectivity index (χ0) is 29.5. The average molecular weight is 571 g/mol. The van der Waals surface area contributed by atoms with Crippen molar-refractivity contribution in [1.29, 1.82) is 0 Å². The molecule has 0 aliphatic heterocycles. The van der Waals surface area contributed by atoms with Gasteiger partial charge in [0.1, 0.15) is 6.61 Å². The van der Waals surface area contributed by atoms with Crippen molar-refractivity contribution in [3.05, 3.63) is 95.6 Å². The molecule has 0 heterocycles. The number of benzene rings is 3. The van der Waals surface area contributed by atoms with Crippen LogP contribution in [0.25, 0.3) is 11.1 Å². The summed E-state index contributed by atoms with van der Waals surface area (Å²) in [5.74, 6) is -1.67. The summed E-state index contributed by atoms with van der Waals surface area (Å²) in [4.78, 5) is 37.9. The number of carboxylic acid groups (broad SMARTS) is 1. The van der Waals surface area contributed by atoms with Crippen LogP contribution in [-0.2, 0) is 25.7 Å². The van der Waals surface area contributed by atoms with Crippen molar-refractivity contribution in [2.24, 2.45) is 5.92 Å². The molecule has 0 bridgehead atoms. The van der Waals surface area contributed by atoms with Crippen LogP contribution in [0.2, 0.25) is 0 Å². The van der Waals surface area contributed by atoms with Gasteiger partial charge in [-0.05, 0) is 53.5 Å². The van der Waals surface area contributed by atoms with E-state index in [1.807, 2.05) is 54.6 Å². The topological polar surface area (TPSA) is 114 Å². The Hall–Kier alpha value is -4.17. The highest BCUT2D eigenvalue weighted by molar-refractivity contribution is 5.84. The predicted molar refractivity (Wildman–Crippen MR) is 159 cm³/mol. The van der Waals surface area contributed by atoms with Crippen molar-refractivity contribution in [2.45, 2.75) is 69.7 Å². The van der Waals surface area contributed by atoms with Gasteiger partial charge in [-0.1, -0.05) is 91.7 Å². The number of hydrogen-bond acceptors (Lipinski definition) is 5. The lowest BCUT2D eigenvalue weighted by Gasteiger charge is -2.32. The Morgan fingerprint density at radius 3 is 2.17 bits per heavy atom. The normalized spacial score (nSPS) is 19.2. The minimum Gasteiger partial charge on any atom is -0.480 e. The number of aliphatic carboxylic acids is 1. The standard InChI is InChI=1S/C34H38N2O6/c1-22(41-20-23-11-3-2-4-12-23)32(33(38)39)36-31(37)19-24-13-5-10-18-30(24)35-34(40)42-21-29-27-16-8-6-14-25(27)26-15-7-9-17-28(26)29/h2-4,6-9,11-12,14-17,22,24,29-30,32H,5,10,13,18-21H2,1H3,(H,35,40)(H,36,37)(H,38,39)/t22-,24+,30+,32+/m1/s1. The van der Waals surface area contributed by atoms with Gasteiger partial charge in [0.25, 0.3) is 0 Å². The summed E-state index contributed by atoms with van der Waals surface area (Å²) < 4.78 is 11.5. The second-order valence-electron chi connectivity index (χ2n) is 11.2. The minimum absolute atomic E-state index is 0.0323.